The van der Waals surface area contributed by atoms with Gasteiger partial charge in [0.05, 0.1) is 31.2 Å². The van der Waals surface area contributed by atoms with Gasteiger partial charge < -0.3 is 30.3 Å². The number of halogens is 1. The third-order valence-corrected chi connectivity index (χ3v) is 11.8. The molecule has 10 nitrogen and oxygen atoms in total. The lowest BCUT2D eigenvalue weighted by atomic mass is 9.77. The third kappa shape index (κ3) is 6.11. The quantitative estimate of drug-likeness (QED) is 0.377. The summed E-state index contributed by atoms with van der Waals surface area (Å²) < 4.78 is 13.3. The first-order valence-corrected chi connectivity index (χ1v) is 15.0. The average molecular weight is 534 g/mol. The van der Waals surface area contributed by atoms with Crippen LogP contribution in [-0.4, -0.2) is 54.4 Å². The molecular weight excluding hydrogens is 501 g/mol. The second kappa shape index (κ2) is 10.9. The van der Waals surface area contributed by atoms with Gasteiger partial charge in [-0.05, 0) is 42.2 Å². The van der Waals surface area contributed by atoms with E-state index in [1.807, 2.05) is 0 Å². The minimum absolute atomic E-state index is 0.0437. The van der Waals surface area contributed by atoms with E-state index in [2.05, 4.69) is 50.3 Å². The molecule has 1 aromatic heterocycles. The summed E-state index contributed by atoms with van der Waals surface area (Å²) in [6.07, 6.45) is 2.07. The highest BCUT2D eigenvalue weighted by molar-refractivity contribution is 6.74. The molecule has 0 saturated carbocycles. The monoisotopic (exact) mass is 533 g/mol. The molecule has 1 unspecified atom stereocenters. The number of hydrogen-bond acceptors (Lipinski definition) is 8. The van der Waals surface area contributed by atoms with Crippen molar-refractivity contribution in [3.8, 4) is 6.07 Å². The summed E-state index contributed by atoms with van der Waals surface area (Å²) in [6.45, 7) is 11.4. The van der Waals surface area contributed by atoms with Gasteiger partial charge >= 0.3 is 7.12 Å². The number of amides is 1. The number of rotatable bonds is 8. The molecule has 0 radical (unpaired) electrons. The minimum Gasteiger partial charge on any atom is -0.423 e. The number of nitrogens with zero attached hydrogens (tertiary/aromatic N) is 3. The lowest BCUT2D eigenvalue weighted by molar-refractivity contribution is 0.0342. The summed E-state index contributed by atoms with van der Waals surface area (Å²) in [6, 6.07) is 5.11. The van der Waals surface area contributed by atoms with E-state index in [4.69, 9.17) is 26.5 Å². The summed E-state index contributed by atoms with van der Waals surface area (Å²) in [7, 11) is -3.94. The Hall–Kier alpha value is -2.40. The van der Waals surface area contributed by atoms with Crippen LogP contribution in [0.25, 0.3) is 0 Å². The van der Waals surface area contributed by atoms with Crippen molar-refractivity contribution in [1.29, 1.82) is 5.26 Å². The van der Waals surface area contributed by atoms with Crippen molar-refractivity contribution in [3.63, 3.8) is 0 Å². The number of primary amides is 1. The van der Waals surface area contributed by atoms with Crippen LogP contribution in [0.2, 0.25) is 23.2 Å². The van der Waals surface area contributed by atoms with Crippen molar-refractivity contribution >= 4 is 49.9 Å². The molecule has 13 heteroatoms. The molecule has 1 aliphatic rings. The number of anilines is 2. The molecule has 0 spiro atoms. The van der Waals surface area contributed by atoms with E-state index in [9.17, 15) is 20.1 Å². The zero-order valence-corrected chi connectivity index (χ0v) is 23.0. The lowest BCUT2D eigenvalue weighted by Crippen LogP contribution is -2.42. The van der Waals surface area contributed by atoms with Gasteiger partial charge in [0, 0.05) is 29.0 Å². The zero-order chi connectivity index (χ0) is 26.8. The van der Waals surface area contributed by atoms with E-state index >= 15 is 0 Å². The SMILES string of the molecule is CC(C)(C)[Si](C)(C)OCc1cc(Nc2nn(C3COCC[C@@H]3C#N)cc2C(N)=O)cc(Cl)c1B(O)O. The summed E-state index contributed by atoms with van der Waals surface area (Å²) in [5.41, 5.74) is 6.85. The van der Waals surface area contributed by atoms with E-state index in [0.717, 1.165) is 0 Å². The first kappa shape index (κ1) is 28.2. The number of nitrogens with two attached hydrogens (primary N) is 1. The van der Waals surface area contributed by atoms with Gasteiger partial charge in [-0.2, -0.15) is 10.4 Å². The molecule has 3 rings (SSSR count). The van der Waals surface area contributed by atoms with Gasteiger partial charge in [-0.25, -0.2) is 0 Å². The Morgan fingerprint density at radius 1 is 1.44 bits per heavy atom. The van der Waals surface area contributed by atoms with E-state index in [-0.39, 0.29) is 45.5 Å². The van der Waals surface area contributed by atoms with Crippen LogP contribution in [-0.2, 0) is 15.8 Å². The molecule has 194 valence electrons. The number of aromatic nitrogens is 2. The van der Waals surface area contributed by atoms with Crippen molar-refractivity contribution < 1.29 is 24.0 Å². The van der Waals surface area contributed by atoms with Crippen LogP contribution >= 0.6 is 11.6 Å². The Morgan fingerprint density at radius 2 is 2.14 bits per heavy atom. The predicted octanol–water partition coefficient (Wildman–Crippen LogP) is 2.68. The maximum Gasteiger partial charge on any atom is 0.490 e. The van der Waals surface area contributed by atoms with Crippen LogP contribution in [0.15, 0.2) is 18.3 Å². The fourth-order valence-corrected chi connectivity index (χ4v) is 5.02. The number of benzene rings is 1. The molecule has 1 saturated heterocycles. The Bertz CT molecular complexity index is 1160. The highest BCUT2D eigenvalue weighted by atomic mass is 35.5. The third-order valence-electron chi connectivity index (χ3n) is 6.96. The molecule has 1 fully saturated rings. The number of nitriles is 1. The number of carbonyl (C=O) groups is 1. The van der Waals surface area contributed by atoms with Gasteiger partial charge in [-0.1, -0.05) is 32.4 Å². The van der Waals surface area contributed by atoms with Crippen molar-refractivity contribution in [2.45, 2.75) is 58.0 Å². The average Bonchev–Trinajstić information content (AvgIpc) is 3.20. The van der Waals surface area contributed by atoms with Gasteiger partial charge in [-0.15, -0.1) is 0 Å². The van der Waals surface area contributed by atoms with Gasteiger partial charge in [-0.3, -0.25) is 9.48 Å². The van der Waals surface area contributed by atoms with Crippen LogP contribution in [0.5, 0.6) is 0 Å². The first-order chi connectivity index (χ1) is 16.7. The van der Waals surface area contributed by atoms with Crippen molar-refractivity contribution in [1.82, 2.24) is 9.78 Å². The Balaban J connectivity index is 1.96. The lowest BCUT2D eigenvalue weighted by Gasteiger charge is -2.36. The molecule has 1 aliphatic heterocycles. The highest BCUT2D eigenvalue weighted by Gasteiger charge is 2.37. The Kier molecular flexibility index (Phi) is 8.55. The molecule has 1 aromatic carbocycles. The van der Waals surface area contributed by atoms with Crippen molar-refractivity contribution in [2.24, 2.45) is 11.7 Å². The smallest absolute Gasteiger partial charge is 0.423 e. The minimum atomic E-state index is -2.15. The normalized spacial score (nSPS) is 18.5. The maximum absolute atomic E-state index is 12.2. The van der Waals surface area contributed by atoms with Crippen LogP contribution in [0.4, 0.5) is 11.5 Å². The molecule has 0 aliphatic carbocycles. The summed E-state index contributed by atoms with van der Waals surface area (Å²) in [5, 5.41) is 37.1. The van der Waals surface area contributed by atoms with Gasteiger partial charge in [0.15, 0.2) is 14.1 Å². The summed E-state index contributed by atoms with van der Waals surface area (Å²) >= 11 is 6.43. The fourth-order valence-electron chi connectivity index (χ4n) is 3.74. The summed E-state index contributed by atoms with van der Waals surface area (Å²) in [4.78, 5) is 12.2. The summed E-state index contributed by atoms with van der Waals surface area (Å²) in [5.74, 6) is -0.815. The molecule has 2 aromatic rings. The number of hydrogen-bond donors (Lipinski definition) is 4. The van der Waals surface area contributed by atoms with E-state index in [1.54, 1.807) is 6.07 Å². The second-order valence-electron chi connectivity index (χ2n) is 10.5. The van der Waals surface area contributed by atoms with Crippen LogP contribution in [0, 0.1) is 17.2 Å². The molecule has 0 bridgehead atoms. The number of nitrogens with one attached hydrogen (secondary N) is 1. The fraction of sp³-hybridized carbons (Fsp3) is 0.522. The first-order valence-electron chi connectivity index (χ1n) is 11.7. The molecule has 5 N–H and O–H groups in total. The van der Waals surface area contributed by atoms with E-state index < -0.39 is 21.3 Å². The molecule has 1 amide bonds. The standard InChI is InChI=1S/C23H33BClN5O5Si/c1-23(2,3)36(4,5)35-12-15-8-16(9-18(25)20(15)24(32)33)28-22-17(21(27)31)11-30(29-22)19-13-34-7-6-14(19)10-26/h8-9,11,14,19,32-33H,6-7,12-13H2,1-5H3,(H2,27,31)(H,28,29)/t14-,19?/m1/s1. The van der Waals surface area contributed by atoms with Crippen molar-refractivity contribution in [3.05, 3.63) is 34.5 Å². The van der Waals surface area contributed by atoms with Crippen LogP contribution < -0.4 is 16.5 Å². The highest BCUT2D eigenvalue weighted by Crippen LogP contribution is 2.37. The largest absolute Gasteiger partial charge is 0.490 e. The van der Waals surface area contributed by atoms with Crippen molar-refractivity contribution in [2.75, 3.05) is 18.5 Å². The zero-order valence-electron chi connectivity index (χ0n) is 21.2. The number of ether oxygens (including phenoxy) is 1. The van der Waals surface area contributed by atoms with Crippen LogP contribution in [0.3, 0.4) is 0 Å². The topological polar surface area (TPSA) is 156 Å². The molecule has 36 heavy (non-hydrogen) atoms. The van der Waals surface area contributed by atoms with Gasteiger partial charge in [0.25, 0.3) is 5.91 Å². The number of carbonyl (C=O) groups excluding carboxylic acids is 1. The Morgan fingerprint density at radius 3 is 2.72 bits per heavy atom. The maximum atomic E-state index is 12.2. The van der Waals surface area contributed by atoms with Gasteiger partial charge in [0.1, 0.15) is 5.56 Å². The molecule has 2 heterocycles. The van der Waals surface area contributed by atoms with E-state index in [0.29, 0.717) is 30.9 Å². The molecule has 2 atom stereocenters. The Labute approximate surface area is 217 Å². The molecular formula is C23H33BClN5O5Si. The van der Waals surface area contributed by atoms with Crippen LogP contribution in [0.1, 0.15) is 49.2 Å². The second-order valence-corrected chi connectivity index (χ2v) is 15.7. The van der Waals surface area contributed by atoms with E-state index in [1.165, 1.54) is 16.9 Å². The van der Waals surface area contributed by atoms with Gasteiger partial charge in [0.2, 0.25) is 0 Å². The predicted molar refractivity (Wildman–Crippen MR) is 141 cm³/mol.